The van der Waals surface area contributed by atoms with Gasteiger partial charge in [-0.2, -0.15) is 0 Å². The molecule has 0 aliphatic heterocycles. The molecule has 0 aliphatic rings. The maximum Gasteiger partial charge on any atom is 0.125 e. The van der Waals surface area contributed by atoms with Crippen molar-refractivity contribution in [1.82, 2.24) is 9.97 Å². The average molecular weight is 219 g/mol. The van der Waals surface area contributed by atoms with Gasteiger partial charge in [0.1, 0.15) is 5.82 Å². The highest BCUT2D eigenvalue weighted by atomic mass is 35.5. The number of rotatable bonds is 1. The van der Waals surface area contributed by atoms with E-state index in [1.54, 1.807) is 0 Å². The van der Waals surface area contributed by atoms with E-state index in [0.29, 0.717) is 0 Å². The molecule has 2 aromatic rings. The van der Waals surface area contributed by atoms with E-state index in [4.69, 9.17) is 11.6 Å². The van der Waals surface area contributed by atoms with Crippen molar-refractivity contribution in [3.8, 4) is 11.3 Å². The summed E-state index contributed by atoms with van der Waals surface area (Å²) in [6.07, 6.45) is 1.84. The zero-order valence-electron chi connectivity index (χ0n) is 8.66. The van der Waals surface area contributed by atoms with Gasteiger partial charge >= 0.3 is 0 Å². The van der Waals surface area contributed by atoms with Crippen molar-refractivity contribution < 1.29 is 0 Å². The molecule has 3 heteroatoms. The molecule has 0 fully saturated rings. The van der Waals surface area contributed by atoms with Crippen LogP contribution in [0.2, 0.25) is 5.02 Å². The summed E-state index contributed by atoms with van der Waals surface area (Å²) in [6, 6.07) is 7.68. The molecule has 0 N–H and O–H groups in total. The van der Waals surface area contributed by atoms with Crippen LogP contribution in [0, 0.1) is 13.8 Å². The molecular formula is C12H11ClN2. The Morgan fingerprint density at radius 1 is 1.07 bits per heavy atom. The van der Waals surface area contributed by atoms with Crippen LogP contribution in [-0.2, 0) is 0 Å². The van der Waals surface area contributed by atoms with Crippen molar-refractivity contribution in [2.75, 3.05) is 0 Å². The summed E-state index contributed by atoms with van der Waals surface area (Å²) >= 11 is 5.84. The Morgan fingerprint density at radius 2 is 1.73 bits per heavy atom. The SMILES string of the molecule is Cc1ncc(C)c(-c2ccc(Cl)cc2)n1. The van der Waals surface area contributed by atoms with Crippen LogP contribution in [0.25, 0.3) is 11.3 Å². The van der Waals surface area contributed by atoms with Gasteiger partial charge in [-0.1, -0.05) is 23.7 Å². The number of halogens is 1. The van der Waals surface area contributed by atoms with E-state index in [1.807, 2.05) is 44.3 Å². The Morgan fingerprint density at radius 3 is 2.40 bits per heavy atom. The summed E-state index contributed by atoms with van der Waals surface area (Å²) in [7, 11) is 0. The van der Waals surface area contributed by atoms with Crippen molar-refractivity contribution in [3.05, 3.63) is 46.9 Å². The summed E-state index contributed by atoms with van der Waals surface area (Å²) in [6.45, 7) is 3.89. The quantitative estimate of drug-likeness (QED) is 0.733. The Kier molecular flexibility index (Phi) is 2.69. The number of hydrogen-bond donors (Lipinski definition) is 0. The summed E-state index contributed by atoms with van der Waals surface area (Å²) in [5, 5.41) is 0.738. The van der Waals surface area contributed by atoms with Crippen molar-refractivity contribution in [2.24, 2.45) is 0 Å². The molecule has 2 rings (SSSR count). The third kappa shape index (κ3) is 2.16. The molecule has 0 saturated heterocycles. The summed E-state index contributed by atoms with van der Waals surface area (Å²) in [4.78, 5) is 8.56. The largest absolute Gasteiger partial charge is 0.241 e. The lowest BCUT2D eigenvalue weighted by Gasteiger charge is -2.05. The zero-order valence-corrected chi connectivity index (χ0v) is 9.42. The van der Waals surface area contributed by atoms with Crippen LogP contribution in [0.15, 0.2) is 30.5 Å². The monoisotopic (exact) mass is 218 g/mol. The Balaban J connectivity index is 2.53. The fourth-order valence-corrected chi connectivity index (χ4v) is 1.56. The van der Waals surface area contributed by atoms with Gasteiger partial charge in [0.25, 0.3) is 0 Å². The maximum absolute atomic E-state index is 5.84. The van der Waals surface area contributed by atoms with E-state index in [-0.39, 0.29) is 0 Å². The second-order valence-electron chi connectivity index (χ2n) is 3.46. The maximum atomic E-state index is 5.84. The van der Waals surface area contributed by atoms with Gasteiger partial charge in [-0.05, 0) is 31.5 Å². The lowest BCUT2D eigenvalue weighted by molar-refractivity contribution is 1.04. The van der Waals surface area contributed by atoms with E-state index < -0.39 is 0 Å². The number of nitrogens with zero attached hydrogens (tertiary/aromatic N) is 2. The molecule has 0 amide bonds. The Bertz CT molecular complexity index is 477. The second-order valence-corrected chi connectivity index (χ2v) is 3.89. The summed E-state index contributed by atoms with van der Waals surface area (Å²) < 4.78 is 0. The molecule has 0 saturated carbocycles. The predicted molar refractivity (Wildman–Crippen MR) is 62.0 cm³/mol. The first-order valence-electron chi connectivity index (χ1n) is 4.73. The molecule has 0 spiro atoms. The molecule has 1 heterocycles. The zero-order chi connectivity index (χ0) is 10.8. The molecule has 2 nitrogen and oxygen atoms in total. The fourth-order valence-electron chi connectivity index (χ4n) is 1.43. The minimum atomic E-state index is 0.738. The van der Waals surface area contributed by atoms with E-state index >= 15 is 0 Å². The first kappa shape index (κ1) is 10.1. The van der Waals surface area contributed by atoms with Crippen LogP contribution in [0.4, 0.5) is 0 Å². The van der Waals surface area contributed by atoms with Gasteiger partial charge in [0.05, 0.1) is 5.69 Å². The third-order valence-corrected chi connectivity index (χ3v) is 2.46. The molecular weight excluding hydrogens is 208 g/mol. The molecule has 0 radical (unpaired) electrons. The molecule has 0 unspecified atom stereocenters. The lowest BCUT2D eigenvalue weighted by Crippen LogP contribution is -1.93. The van der Waals surface area contributed by atoms with Gasteiger partial charge in [0, 0.05) is 16.8 Å². The second kappa shape index (κ2) is 3.99. The van der Waals surface area contributed by atoms with E-state index in [1.165, 1.54) is 0 Å². The van der Waals surface area contributed by atoms with Crippen LogP contribution in [0.1, 0.15) is 11.4 Å². The van der Waals surface area contributed by atoms with E-state index in [2.05, 4.69) is 9.97 Å². The van der Waals surface area contributed by atoms with Crippen molar-refractivity contribution >= 4 is 11.6 Å². The lowest BCUT2D eigenvalue weighted by atomic mass is 10.1. The number of aromatic nitrogens is 2. The number of hydrogen-bond acceptors (Lipinski definition) is 2. The predicted octanol–water partition coefficient (Wildman–Crippen LogP) is 3.41. The first-order valence-corrected chi connectivity index (χ1v) is 5.11. The van der Waals surface area contributed by atoms with Crippen molar-refractivity contribution in [3.63, 3.8) is 0 Å². The topological polar surface area (TPSA) is 25.8 Å². The van der Waals surface area contributed by atoms with Gasteiger partial charge in [0.2, 0.25) is 0 Å². The van der Waals surface area contributed by atoms with Gasteiger partial charge in [0.15, 0.2) is 0 Å². The minimum absolute atomic E-state index is 0.738. The van der Waals surface area contributed by atoms with Crippen molar-refractivity contribution in [2.45, 2.75) is 13.8 Å². The fraction of sp³-hybridized carbons (Fsp3) is 0.167. The number of benzene rings is 1. The molecule has 0 aliphatic carbocycles. The smallest absolute Gasteiger partial charge is 0.125 e. The third-order valence-electron chi connectivity index (χ3n) is 2.21. The highest BCUT2D eigenvalue weighted by molar-refractivity contribution is 6.30. The van der Waals surface area contributed by atoms with E-state index in [0.717, 1.165) is 27.7 Å². The van der Waals surface area contributed by atoms with Gasteiger partial charge in [-0.25, -0.2) is 9.97 Å². The standard InChI is InChI=1S/C12H11ClN2/c1-8-7-14-9(2)15-12(8)10-3-5-11(13)6-4-10/h3-7H,1-2H3. The molecule has 76 valence electrons. The molecule has 1 aromatic heterocycles. The van der Waals surface area contributed by atoms with Crippen LogP contribution in [0.5, 0.6) is 0 Å². The summed E-state index contributed by atoms with van der Waals surface area (Å²) in [5.41, 5.74) is 3.12. The number of aryl methyl sites for hydroxylation is 2. The van der Waals surface area contributed by atoms with Crippen molar-refractivity contribution in [1.29, 1.82) is 0 Å². The van der Waals surface area contributed by atoms with Gasteiger partial charge in [-0.3, -0.25) is 0 Å². The Labute approximate surface area is 94.0 Å². The molecule has 15 heavy (non-hydrogen) atoms. The highest BCUT2D eigenvalue weighted by Crippen LogP contribution is 2.22. The Hall–Kier alpha value is -1.41. The first-order chi connectivity index (χ1) is 7.16. The van der Waals surface area contributed by atoms with E-state index in [9.17, 15) is 0 Å². The molecule has 0 bridgehead atoms. The van der Waals surface area contributed by atoms with Crippen LogP contribution < -0.4 is 0 Å². The van der Waals surface area contributed by atoms with Gasteiger partial charge < -0.3 is 0 Å². The highest BCUT2D eigenvalue weighted by Gasteiger charge is 2.04. The van der Waals surface area contributed by atoms with Crippen LogP contribution >= 0.6 is 11.6 Å². The molecule has 1 aromatic carbocycles. The van der Waals surface area contributed by atoms with Crippen LogP contribution in [0.3, 0.4) is 0 Å². The van der Waals surface area contributed by atoms with Crippen LogP contribution in [-0.4, -0.2) is 9.97 Å². The normalized spacial score (nSPS) is 10.3. The molecule has 0 atom stereocenters. The van der Waals surface area contributed by atoms with Gasteiger partial charge in [-0.15, -0.1) is 0 Å². The average Bonchev–Trinajstić information content (AvgIpc) is 2.23. The minimum Gasteiger partial charge on any atom is -0.241 e. The summed E-state index contributed by atoms with van der Waals surface area (Å²) in [5.74, 6) is 0.783.